The van der Waals surface area contributed by atoms with Crippen molar-refractivity contribution in [1.29, 1.82) is 0 Å². The molecule has 0 N–H and O–H groups in total. The molecule has 41 heavy (non-hydrogen) atoms. The van der Waals surface area contributed by atoms with Crippen LogP contribution in [0.4, 0.5) is 0 Å². The second-order valence-electron chi connectivity index (χ2n) is 9.16. The highest BCUT2D eigenvalue weighted by molar-refractivity contribution is 7.07. The molecule has 2 aliphatic rings. The zero-order chi connectivity index (χ0) is 28.9. The Hall–Kier alpha value is -4.49. The fourth-order valence-corrected chi connectivity index (χ4v) is 5.81. The lowest BCUT2D eigenvalue weighted by molar-refractivity contribution is -0.139. The van der Waals surface area contributed by atoms with Crippen molar-refractivity contribution in [2.24, 2.45) is 4.99 Å². The van der Waals surface area contributed by atoms with Gasteiger partial charge in [-0.3, -0.25) is 9.36 Å². The molecule has 0 aliphatic carbocycles. The Kier molecular flexibility index (Phi) is 8.45. The summed E-state index contributed by atoms with van der Waals surface area (Å²) in [5.74, 6) is 4.16. The number of aromatic nitrogens is 1. The summed E-state index contributed by atoms with van der Waals surface area (Å²) in [7, 11) is 0. The van der Waals surface area contributed by atoms with E-state index in [1.54, 1.807) is 35.8 Å². The van der Waals surface area contributed by atoms with Gasteiger partial charge in [0.2, 0.25) is 6.79 Å². The lowest BCUT2D eigenvalue weighted by atomic mass is 9.94. The lowest BCUT2D eigenvalue weighted by Crippen LogP contribution is -2.40. The number of fused-ring (bicyclic) bond motifs is 2. The normalized spacial score (nSPS) is 15.7. The van der Waals surface area contributed by atoms with Crippen LogP contribution in [0.3, 0.4) is 0 Å². The minimum absolute atomic E-state index is 0.111. The van der Waals surface area contributed by atoms with Crippen LogP contribution in [0.5, 0.6) is 23.0 Å². The van der Waals surface area contributed by atoms with Crippen LogP contribution in [0, 0.1) is 12.3 Å². The second kappa shape index (κ2) is 12.4. The molecule has 0 saturated heterocycles. The SMILES string of the molecule is C#CCOc1ccc(/C=c2\sc3n(c2=O)[C@@H](c2ccc4c(c2)OCO4)C(C(=O)OCC)=C(CCC)N=3)cc1OCC. The van der Waals surface area contributed by atoms with Crippen molar-refractivity contribution in [2.75, 3.05) is 26.6 Å². The summed E-state index contributed by atoms with van der Waals surface area (Å²) >= 11 is 1.26. The van der Waals surface area contributed by atoms with Crippen LogP contribution in [0.1, 0.15) is 50.8 Å². The van der Waals surface area contributed by atoms with Crippen molar-refractivity contribution in [2.45, 2.75) is 39.7 Å². The molecule has 2 aromatic carbocycles. The van der Waals surface area contributed by atoms with E-state index in [4.69, 9.17) is 35.1 Å². The largest absolute Gasteiger partial charge is 0.490 e. The number of hydrogen-bond acceptors (Lipinski definition) is 9. The topological polar surface area (TPSA) is 97.6 Å². The maximum atomic E-state index is 14.0. The first-order chi connectivity index (χ1) is 20.0. The summed E-state index contributed by atoms with van der Waals surface area (Å²) in [6.45, 7) is 6.50. The highest BCUT2D eigenvalue weighted by atomic mass is 32.1. The van der Waals surface area contributed by atoms with Gasteiger partial charge in [-0.2, -0.15) is 0 Å². The van der Waals surface area contributed by atoms with E-state index in [0.717, 1.165) is 12.0 Å². The standard InChI is InChI=1S/C31H30N2O7S/c1-5-9-21-27(30(35)37-8-4)28(20-11-13-23-25(17-20)40-18-39-23)33-29(34)26(41-31(33)32-21)16-19-10-12-22(38-14-6-2)24(15-19)36-7-3/h2,10-13,15-17,28H,5,7-9,14,18H2,1,3-4H3/b26-16-/t28-/m0/s1. The molecule has 10 heteroatoms. The molecule has 0 unspecified atom stereocenters. The molecule has 3 heterocycles. The monoisotopic (exact) mass is 574 g/mol. The highest BCUT2D eigenvalue weighted by Crippen LogP contribution is 2.39. The van der Waals surface area contributed by atoms with Gasteiger partial charge in [0.05, 0.1) is 35.1 Å². The van der Waals surface area contributed by atoms with Crippen molar-refractivity contribution in [3.8, 4) is 35.3 Å². The van der Waals surface area contributed by atoms with Crippen molar-refractivity contribution in [3.63, 3.8) is 0 Å². The molecule has 2 aliphatic heterocycles. The van der Waals surface area contributed by atoms with Gasteiger partial charge in [-0.15, -0.1) is 6.42 Å². The second-order valence-corrected chi connectivity index (χ2v) is 10.2. The third-order valence-electron chi connectivity index (χ3n) is 6.48. The van der Waals surface area contributed by atoms with Crippen LogP contribution in [0.2, 0.25) is 0 Å². The number of carbonyl (C=O) groups is 1. The number of rotatable bonds is 10. The fraction of sp³-hybridized carbons (Fsp3) is 0.323. The molecule has 9 nitrogen and oxygen atoms in total. The quantitative estimate of drug-likeness (QED) is 0.269. The van der Waals surface area contributed by atoms with E-state index in [9.17, 15) is 9.59 Å². The molecule has 5 rings (SSSR count). The number of esters is 1. The Morgan fingerprint density at radius 1 is 1.12 bits per heavy atom. The number of terminal acetylenes is 1. The van der Waals surface area contributed by atoms with E-state index in [1.807, 2.05) is 32.0 Å². The third-order valence-corrected chi connectivity index (χ3v) is 7.46. The molecule has 1 aromatic heterocycles. The summed E-state index contributed by atoms with van der Waals surface area (Å²) in [6, 6.07) is 10.1. The Balaban J connectivity index is 1.68. The average Bonchev–Trinajstić information content (AvgIpc) is 3.56. The molecule has 212 valence electrons. The number of thiazole rings is 1. The summed E-state index contributed by atoms with van der Waals surface area (Å²) < 4.78 is 29.9. The van der Waals surface area contributed by atoms with E-state index in [1.165, 1.54) is 11.3 Å². The Labute approximate surface area is 241 Å². The van der Waals surface area contributed by atoms with Crippen molar-refractivity contribution in [3.05, 3.63) is 78.5 Å². The molecule has 0 saturated carbocycles. The first-order valence-corrected chi connectivity index (χ1v) is 14.2. The summed E-state index contributed by atoms with van der Waals surface area (Å²) in [5.41, 5.74) is 2.11. The summed E-state index contributed by atoms with van der Waals surface area (Å²) in [4.78, 5) is 32.7. The predicted octanol–water partition coefficient (Wildman–Crippen LogP) is 3.72. The maximum absolute atomic E-state index is 14.0. The number of allylic oxidation sites excluding steroid dienone is 1. The average molecular weight is 575 g/mol. The van der Waals surface area contributed by atoms with E-state index >= 15 is 0 Å². The van der Waals surface area contributed by atoms with Gasteiger partial charge in [0.15, 0.2) is 27.8 Å². The van der Waals surface area contributed by atoms with Crippen LogP contribution in [-0.2, 0) is 9.53 Å². The molecule has 0 radical (unpaired) electrons. The number of hydrogen-bond donors (Lipinski definition) is 0. The van der Waals surface area contributed by atoms with Crippen molar-refractivity contribution < 1.29 is 28.5 Å². The van der Waals surface area contributed by atoms with Gasteiger partial charge in [-0.05, 0) is 61.7 Å². The van der Waals surface area contributed by atoms with Crippen LogP contribution < -0.4 is 33.8 Å². The number of carbonyl (C=O) groups excluding carboxylic acids is 1. The Morgan fingerprint density at radius 2 is 1.95 bits per heavy atom. The van der Waals surface area contributed by atoms with Crippen LogP contribution in [-0.4, -0.2) is 37.1 Å². The van der Waals surface area contributed by atoms with Crippen LogP contribution in [0.25, 0.3) is 6.08 Å². The van der Waals surface area contributed by atoms with Gasteiger partial charge in [-0.25, -0.2) is 9.79 Å². The maximum Gasteiger partial charge on any atom is 0.338 e. The molecule has 0 bridgehead atoms. The van der Waals surface area contributed by atoms with Crippen molar-refractivity contribution in [1.82, 2.24) is 4.57 Å². The van der Waals surface area contributed by atoms with Gasteiger partial charge in [0.25, 0.3) is 5.56 Å². The van der Waals surface area contributed by atoms with E-state index < -0.39 is 12.0 Å². The smallest absolute Gasteiger partial charge is 0.338 e. The van der Waals surface area contributed by atoms with E-state index in [0.29, 0.717) is 62.2 Å². The minimum Gasteiger partial charge on any atom is -0.490 e. The van der Waals surface area contributed by atoms with E-state index in [-0.39, 0.29) is 25.6 Å². The highest BCUT2D eigenvalue weighted by Gasteiger charge is 2.35. The third kappa shape index (κ3) is 5.58. The van der Waals surface area contributed by atoms with Crippen LogP contribution >= 0.6 is 11.3 Å². The predicted molar refractivity (Wildman–Crippen MR) is 154 cm³/mol. The summed E-state index contributed by atoms with van der Waals surface area (Å²) in [6.07, 6.45) is 8.43. The van der Waals surface area contributed by atoms with Crippen LogP contribution in [0.15, 0.2) is 57.5 Å². The molecule has 0 spiro atoms. The first-order valence-electron chi connectivity index (χ1n) is 13.4. The van der Waals surface area contributed by atoms with Gasteiger partial charge in [0.1, 0.15) is 6.61 Å². The zero-order valence-corrected chi connectivity index (χ0v) is 23.9. The lowest BCUT2D eigenvalue weighted by Gasteiger charge is -2.25. The van der Waals surface area contributed by atoms with Gasteiger partial charge >= 0.3 is 5.97 Å². The zero-order valence-electron chi connectivity index (χ0n) is 23.1. The van der Waals surface area contributed by atoms with Gasteiger partial charge < -0.3 is 23.7 Å². The van der Waals surface area contributed by atoms with Gasteiger partial charge in [0, 0.05) is 0 Å². The Morgan fingerprint density at radius 3 is 2.71 bits per heavy atom. The minimum atomic E-state index is -0.748. The summed E-state index contributed by atoms with van der Waals surface area (Å²) in [5, 5.41) is 0. The van der Waals surface area contributed by atoms with Gasteiger partial charge in [-0.1, -0.05) is 42.7 Å². The molecule has 0 fully saturated rings. The van der Waals surface area contributed by atoms with Crippen molar-refractivity contribution >= 4 is 23.4 Å². The Bertz CT molecular complexity index is 1730. The first kappa shape index (κ1) is 28.1. The molecular weight excluding hydrogens is 544 g/mol. The van der Waals surface area contributed by atoms with E-state index in [2.05, 4.69) is 5.92 Å². The molecule has 3 aromatic rings. The fourth-order valence-electron chi connectivity index (χ4n) is 4.79. The number of ether oxygens (including phenoxy) is 5. The molecule has 0 amide bonds. The molecule has 1 atom stereocenters. The number of benzene rings is 2. The number of nitrogens with zero attached hydrogens (tertiary/aromatic N) is 2. The molecular formula is C31H30N2O7S.